The van der Waals surface area contributed by atoms with E-state index in [1.54, 1.807) is 24.3 Å². The van der Waals surface area contributed by atoms with Crippen molar-refractivity contribution in [1.82, 2.24) is 0 Å². The first-order chi connectivity index (χ1) is 11.0. The van der Waals surface area contributed by atoms with Gasteiger partial charge in [0.25, 0.3) is 0 Å². The Morgan fingerprint density at radius 2 is 1.52 bits per heavy atom. The summed E-state index contributed by atoms with van der Waals surface area (Å²) in [7, 11) is 0. The maximum Gasteiger partial charge on any atom is 0.313 e. The van der Waals surface area contributed by atoms with Gasteiger partial charge < -0.3 is 9.84 Å². The molecule has 0 saturated carbocycles. The third-order valence-corrected chi connectivity index (χ3v) is 3.79. The van der Waals surface area contributed by atoms with Crippen molar-refractivity contribution in [1.29, 1.82) is 0 Å². The summed E-state index contributed by atoms with van der Waals surface area (Å²) >= 11 is 0. The van der Waals surface area contributed by atoms with E-state index < -0.39 is 0 Å². The molecule has 1 atom stereocenters. The molecule has 0 aliphatic rings. The average molecular weight is 312 g/mol. The van der Waals surface area contributed by atoms with Crippen LogP contribution in [0.2, 0.25) is 0 Å². The van der Waals surface area contributed by atoms with Crippen molar-refractivity contribution < 1.29 is 14.6 Å². The Labute approximate surface area is 137 Å². The third kappa shape index (κ3) is 5.13. The molecular weight excluding hydrogens is 288 g/mol. The molecule has 0 aliphatic heterocycles. The molecule has 3 nitrogen and oxygen atoms in total. The van der Waals surface area contributed by atoms with Crippen LogP contribution in [0.25, 0.3) is 0 Å². The lowest BCUT2D eigenvalue weighted by molar-refractivity contribution is -0.146. The molecule has 0 radical (unpaired) electrons. The first kappa shape index (κ1) is 17.1. The van der Waals surface area contributed by atoms with Crippen LogP contribution in [0.3, 0.4) is 0 Å². The molecule has 2 aromatic rings. The number of benzene rings is 2. The molecule has 0 fully saturated rings. The molecule has 0 heterocycles. The van der Waals surface area contributed by atoms with Gasteiger partial charge in [-0.25, -0.2) is 0 Å². The lowest BCUT2D eigenvalue weighted by Gasteiger charge is -2.13. The van der Waals surface area contributed by atoms with Gasteiger partial charge in [-0.05, 0) is 48.1 Å². The number of hydrogen-bond donors (Lipinski definition) is 1. The first-order valence-electron chi connectivity index (χ1n) is 7.99. The van der Waals surface area contributed by atoms with Gasteiger partial charge in [0.1, 0.15) is 12.4 Å². The number of aromatic hydroxyl groups is 1. The van der Waals surface area contributed by atoms with Gasteiger partial charge in [0, 0.05) is 0 Å². The summed E-state index contributed by atoms with van der Waals surface area (Å²) in [5, 5.41) is 9.24. The number of esters is 1. The Balaban J connectivity index is 1.92. The fraction of sp³-hybridized carbons (Fsp3) is 0.350. The maximum atomic E-state index is 12.2. The summed E-state index contributed by atoms with van der Waals surface area (Å²) in [5.74, 6) is 0.290. The molecule has 0 bridgehead atoms. The molecular formula is C20H24O3. The number of carbonyl (C=O) groups excluding carboxylic acids is 1. The van der Waals surface area contributed by atoms with Crippen LogP contribution in [-0.2, 0) is 22.6 Å². The highest BCUT2D eigenvalue weighted by Gasteiger charge is 2.16. The van der Waals surface area contributed by atoms with Gasteiger partial charge in [-0.2, -0.15) is 0 Å². The Bertz CT molecular complexity index is 627. The van der Waals surface area contributed by atoms with Crippen LogP contribution in [0.4, 0.5) is 0 Å². The lowest BCUT2D eigenvalue weighted by Crippen LogP contribution is -2.13. The number of phenolic OH excluding ortho intramolecular Hbond substituents is 1. The zero-order chi connectivity index (χ0) is 16.8. The van der Waals surface area contributed by atoms with Gasteiger partial charge in [-0.1, -0.05) is 50.2 Å². The largest absolute Gasteiger partial charge is 0.508 e. The molecule has 0 spiro atoms. The lowest BCUT2D eigenvalue weighted by atomic mass is 9.97. The highest BCUT2D eigenvalue weighted by atomic mass is 16.5. The van der Waals surface area contributed by atoms with Gasteiger partial charge in [0.05, 0.1) is 5.92 Å². The SMILES string of the molecule is CC(C)Cc1ccc(C(C)C(=O)OCc2ccc(O)cc2)cc1. The van der Waals surface area contributed by atoms with E-state index in [2.05, 4.69) is 26.0 Å². The van der Waals surface area contributed by atoms with Crippen LogP contribution in [-0.4, -0.2) is 11.1 Å². The molecule has 122 valence electrons. The molecule has 0 amide bonds. The molecule has 0 aliphatic carbocycles. The van der Waals surface area contributed by atoms with Gasteiger partial charge in [-0.15, -0.1) is 0 Å². The van der Waals surface area contributed by atoms with Crippen LogP contribution in [0, 0.1) is 5.92 Å². The second-order valence-corrected chi connectivity index (χ2v) is 6.34. The maximum absolute atomic E-state index is 12.2. The Morgan fingerprint density at radius 3 is 2.09 bits per heavy atom. The third-order valence-electron chi connectivity index (χ3n) is 3.79. The molecule has 0 saturated heterocycles. The fourth-order valence-corrected chi connectivity index (χ4v) is 2.42. The van der Waals surface area contributed by atoms with Crippen molar-refractivity contribution in [3.8, 4) is 5.75 Å². The highest BCUT2D eigenvalue weighted by Crippen LogP contribution is 2.20. The van der Waals surface area contributed by atoms with Crippen molar-refractivity contribution in [2.24, 2.45) is 5.92 Å². The van der Waals surface area contributed by atoms with E-state index in [9.17, 15) is 9.90 Å². The minimum absolute atomic E-state index is 0.204. The molecule has 3 heteroatoms. The summed E-state index contributed by atoms with van der Waals surface area (Å²) in [6.45, 7) is 6.46. The predicted octanol–water partition coefficient (Wildman–Crippen LogP) is 4.44. The van der Waals surface area contributed by atoms with Gasteiger partial charge in [0.15, 0.2) is 0 Å². The number of hydrogen-bond acceptors (Lipinski definition) is 3. The van der Waals surface area contributed by atoms with Crippen LogP contribution < -0.4 is 0 Å². The second-order valence-electron chi connectivity index (χ2n) is 6.34. The summed E-state index contributed by atoms with van der Waals surface area (Å²) in [6, 6.07) is 14.8. The van der Waals surface area contributed by atoms with E-state index >= 15 is 0 Å². The van der Waals surface area contributed by atoms with Gasteiger partial charge in [-0.3, -0.25) is 4.79 Å². The van der Waals surface area contributed by atoms with E-state index in [1.807, 2.05) is 19.1 Å². The topological polar surface area (TPSA) is 46.5 Å². The number of carbonyl (C=O) groups is 1. The first-order valence-corrected chi connectivity index (χ1v) is 7.99. The molecule has 1 unspecified atom stereocenters. The standard InChI is InChI=1S/C20H24O3/c1-14(2)12-16-4-8-18(9-5-16)15(3)20(22)23-13-17-6-10-19(21)11-7-17/h4-11,14-15,21H,12-13H2,1-3H3. The monoisotopic (exact) mass is 312 g/mol. The minimum Gasteiger partial charge on any atom is -0.508 e. The minimum atomic E-state index is -0.291. The molecule has 2 aromatic carbocycles. The van der Waals surface area contributed by atoms with E-state index in [0.717, 1.165) is 17.5 Å². The number of rotatable bonds is 6. The van der Waals surface area contributed by atoms with Crippen LogP contribution >= 0.6 is 0 Å². The normalized spacial score (nSPS) is 12.2. The van der Waals surface area contributed by atoms with E-state index in [1.165, 1.54) is 5.56 Å². The van der Waals surface area contributed by atoms with E-state index in [0.29, 0.717) is 5.92 Å². The number of phenols is 1. The van der Waals surface area contributed by atoms with Crippen molar-refractivity contribution in [2.45, 2.75) is 39.7 Å². The fourth-order valence-electron chi connectivity index (χ4n) is 2.42. The summed E-state index contributed by atoms with van der Waals surface area (Å²) in [4.78, 5) is 12.2. The molecule has 0 aromatic heterocycles. The van der Waals surface area contributed by atoms with Crippen molar-refractivity contribution in [3.05, 3.63) is 65.2 Å². The zero-order valence-corrected chi connectivity index (χ0v) is 14.0. The summed E-state index contributed by atoms with van der Waals surface area (Å²) in [6.07, 6.45) is 1.04. The zero-order valence-electron chi connectivity index (χ0n) is 14.0. The van der Waals surface area contributed by atoms with Gasteiger partial charge in [0.2, 0.25) is 0 Å². The Morgan fingerprint density at radius 1 is 0.957 bits per heavy atom. The quantitative estimate of drug-likeness (QED) is 0.802. The van der Waals surface area contributed by atoms with Crippen LogP contribution in [0.15, 0.2) is 48.5 Å². The predicted molar refractivity (Wildman–Crippen MR) is 91.3 cm³/mol. The smallest absolute Gasteiger partial charge is 0.313 e. The van der Waals surface area contributed by atoms with Crippen molar-refractivity contribution in [2.75, 3.05) is 0 Å². The Hall–Kier alpha value is -2.29. The van der Waals surface area contributed by atoms with Crippen LogP contribution in [0.5, 0.6) is 5.75 Å². The highest BCUT2D eigenvalue weighted by molar-refractivity contribution is 5.77. The molecule has 23 heavy (non-hydrogen) atoms. The summed E-state index contributed by atoms with van der Waals surface area (Å²) < 4.78 is 5.36. The van der Waals surface area contributed by atoms with Crippen LogP contribution in [0.1, 0.15) is 43.4 Å². The van der Waals surface area contributed by atoms with Crippen molar-refractivity contribution >= 4 is 5.97 Å². The van der Waals surface area contributed by atoms with E-state index in [-0.39, 0.29) is 24.2 Å². The Kier molecular flexibility index (Phi) is 5.80. The average Bonchev–Trinajstić information content (AvgIpc) is 2.53. The molecule has 1 N–H and O–H groups in total. The van der Waals surface area contributed by atoms with Gasteiger partial charge >= 0.3 is 5.97 Å². The number of ether oxygens (including phenoxy) is 1. The second kappa shape index (κ2) is 7.82. The van der Waals surface area contributed by atoms with E-state index in [4.69, 9.17) is 4.74 Å². The summed E-state index contributed by atoms with van der Waals surface area (Å²) in [5.41, 5.74) is 3.11. The van der Waals surface area contributed by atoms with Crippen molar-refractivity contribution in [3.63, 3.8) is 0 Å². The molecule has 2 rings (SSSR count).